The van der Waals surface area contributed by atoms with Crippen LogP contribution in [0.1, 0.15) is 29.8 Å². The molecule has 1 aromatic carbocycles. The summed E-state index contributed by atoms with van der Waals surface area (Å²) in [6.45, 7) is 4.17. The second-order valence-electron chi connectivity index (χ2n) is 3.40. The van der Waals surface area contributed by atoms with Gasteiger partial charge in [0.05, 0.1) is 11.4 Å². The third kappa shape index (κ3) is 3.32. The summed E-state index contributed by atoms with van der Waals surface area (Å²) in [6, 6.07) is 5.79. The maximum atomic E-state index is 11.3. The number of ketones is 1. The Bertz CT molecular complexity index is 377. The Morgan fingerprint density at radius 1 is 1.50 bits per heavy atom. The van der Waals surface area contributed by atoms with Crippen LogP contribution < -0.4 is 4.74 Å². The van der Waals surface area contributed by atoms with Crippen LogP contribution in [-0.4, -0.2) is 12.4 Å². The lowest BCUT2D eigenvalue weighted by Crippen LogP contribution is -2.04. The molecule has 0 amide bonds. The maximum absolute atomic E-state index is 11.3. The average Bonchev–Trinajstić information content (AvgIpc) is 2.28. The van der Waals surface area contributed by atoms with Crippen molar-refractivity contribution in [3.8, 4) is 5.75 Å². The summed E-state index contributed by atoms with van der Waals surface area (Å²) in [6.07, 6.45) is 0. The van der Waals surface area contributed by atoms with E-state index in [2.05, 4.69) is 31.9 Å². The van der Waals surface area contributed by atoms with E-state index < -0.39 is 0 Å². The molecule has 0 fully saturated rings. The minimum Gasteiger partial charge on any atom is -0.494 e. The molecule has 88 valence electrons. The topological polar surface area (TPSA) is 26.3 Å². The van der Waals surface area contributed by atoms with Gasteiger partial charge in [-0.3, -0.25) is 4.79 Å². The van der Waals surface area contributed by atoms with Crippen LogP contribution in [0.2, 0.25) is 0 Å². The highest BCUT2D eigenvalue weighted by Gasteiger charge is 2.16. The summed E-state index contributed by atoms with van der Waals surface area (Å²) in [4.78, 5) is 11.1. The first-order valence-electron chi connectivity index (χ1n) is 5.06. The molecule has 0 aliphatic rings. The van der Waals surface area contributed by atoms with E-state index >= 15 is 0 Å². The van der Waals surface area contributed by atoms with Gasteiger partial charge in [-0.15, -0.1) is 0 Å². The smallest absolute Gasteiger partial charge is 0.147 e. The highest BCUT2D eigenvalue weighted by molar-refractivity contribution is 9.09. The van der Waals surface area contributed by atoms with Gasteiger partial charge in [0.2, 0.25) is 0 Å². The normalized spacial score (nSPS) is 12.2. The van der Waals surface area contributed by atoms with Crippen molar-refractivity contribution in [1.82, 2.24) is 0 Å². The lowest BCUT2D eigenvalue weighted by Gasteiger charge is -2.13. The van der Waals surface area contributed by atoms with E-state index in [0.29, 0.717) is 11.9 Å². The van der Waals surface area contributed by atoms with E-state index in [9.17, 15) is 4.79 Å². The number of carbonyl (C=O) groups excluding carboxylic acids is 1. The number of benzene rings is 1. The average molecular weight is 350 g/mol. The molecule has 0 bridgehead atoms. The molecule has 1 aromatic rings. The van der Waals surface area contributed by atoms with Crippen molar-refractivity contribution >= 4 is 37.6 Å². The Labute approximate surface area is 113 Å². The first-order chi connectivity index (χ1) is 7.60. The molecule has 0 spiro atoms. The van der Waals surface area contributed by atoms with Gasteiger partial charge in [-0.1, -0.05) is 37.9 Å². The molecule has 1 rings (SSSR count). The van der Waals surface area contributed by atoms with Crippen LogP contribution in [0, 0.1) is 0 Å². The number of halogens is 2. The molecule has 0 saturated heterocycles. The third-order valence-corrected chi connectivity index (χ3v) is 3.94. The fraction of sp³-hybridized carbons (Fsp3) is 0.417. The second kappa shape index (κ2) is 6.40. The Morgan fingerprint density at radius 2 is 2.19 bits per heavy atom. The van der Waals surface area contributed by atoms with Crippen LogP contribution in [0.25, 0.3) is 0 Å². The van der Waals surface area contributed by atoms with Crippen LogP contribution in [-0.2, 0) is 10.1 Å². The standard InChI is InChI=1S/C12H14Br2O2/c1-3-16-10-4-5-11(9(6-10)7-13)12(14)8(2)15/h4-6,12H,3,7H2,1-2H3. The predicted molar refractivity (Wildman–Crippen MR) is 72.6 cm³/mol. The molecule has 0 aromatic heterocycles. The first kappa shape index (κ1) is 13.7. The lowest BCUT2D eigenvalue weighted by atomic mass is 10.0. The fourth-order valence-corrected chi connectivity index (χ4v) is 2.35. The SMILES string of the molecule is CCOc1ccc(C(Br)C(C)=O)c(CBr)c1. The van der Waals surface area contributed by atoms with Crippen molar-refractivity contribution < 1.29 is 9.53 Å². The van der Waals surface area contributed by atoms with E-state index in [-0.39, 0.29) is 10.6 Å². The first-order valence-corrected chi connectivity index (χ1v) is 7.10. The molecule has 0 N–H and O–H groups in total. The molecule has 0 saturated carbocycles. The van der Waals surface area contributed by atoms with Crippen LogP contribution in [0.15, 0.2) is 18.2 Å². The zero-order valence-corrected chi connectivity index (χ0v) is 12.5. The number of alkyl halides is 2. The lowest BCUT2D eigenvalue weighted by molar-refractivity contribution is -0.116. The van der Waals surface area contributed by atoms with E-state index in [0.717, 1.165) is 16.9 Å². The van der Waals surface area contributed by atoms with Crippen LogP contribution in [0.5, 0.6) is 5.75 Å². The van der Waals surface area contributed by atoms with Crippen molar-refractivity contribution in [1.29, 1.82) is 0 Å². The molecule has 1 unspecified atom stereocenters. The quantitative estimate of drug-likeness (QED) is 0.751. The summed E-state index contributed by atoms with van der Waals surface area (Å²) in [5.74, 6) is 0.940. The molecule has 4 heteroatoms. The van der Waals surface area contributed by atoms with Gasteiger partial charge < -0.3 is 4.74 Å². The molecule has 0 aliphatic carbocycles. The molecule has 0 radical (unpaired) electrons. The van der Waals surface area contributed by atoms with Crippen LogP contribution >= 0.6 is 31.9 Å². The fourth-order valence-electron chi connectivity index (χ4n) is 1.42. The van der Waals surface area contributed by atoms with Gasteiger partial charge in [-0.05, 0) is 37.1 Å². The Morgan fingerprint density at radius 3 is 2.69 bits per heavy atom. The third-order valence-electron chi connectivity index (χ3n) is 2.20. The van der Waals surface area contributed by atoms with Gasteiger partial charge in [0.1, 0.15) is 11.5 Å². The number of ether oxygens (including phenoxy) is 1. The highest BCUT2D eigenvalue weighted by atomic mass is 79.9. The van der Waals surface area contributed by atoms with Gasteiger partial charge in [-0.25, -0.2) is 0 Å². The van der Waals surface area contributed by atoms with Gasteiger partial charge in [0.15, 0.2) is 0 Å². The summed E-state index contributed by atoms with van der Waals surface area (Å²) < 4.78 is 5.42. The minimum absolute atomic E-state index is 0.103. The van der Waals surface area contributed by atoms with Crippen molar-refractivity contribution in [3.63, 3.8) is 0 Å². The zero-order valence-electron chi connectivity index (χ0n) is 9.30. The van der Waals surface area contributed by atoms with Gasteiger partial charge in [-0.2, -0.15) is 0 Å². The summed E-state index contributed by atoms with van der Waals surface area (Å²) in [5, 5.41) is 0.707. The second-order valence-corrected chi connectivity index (χ2v) is 4.88. The molecule has 1 atom stereocenters. The summed E-state index contributed by atoms with van der Waals surface area (Å²) in [5.41, 5.74) is 2.07. The molecule has 16 heavy (non-hydrogen) atoms. The Kier molecular flexibility index (Phi) is 5.49. The highest BCUT2D eigenvalue weighted by Crippen LogP contribution is 2.30. The van der Waals surface area contributed by atoms with E-state index in [1.54, 1.807) is 6.92 Å². The molecule has 2 nitrogen and oxygen atoms in total. The molecular weight excluding hydrogens is 336 g/mol. The van der Waals surface area contributed by atoms with E-state index in [1.165, 1.54) is 0 Å². The van der Waals surface area contributed by atoms with Crippen molar-refractivity contribution in [2.75, 3.05) is 6.61 Å². The van der Waals surface area contributed by atoms with Crippen LogP contribution in [0.3, 0.4) is 0 Å². The molecular formula is C12H14Br2O2. The Hall–Kier alpha value is -0.350. The van der Waals surface area contributed by atoms with Crippen molar-refractivity contribution in [2.24, 2.45) is 0 Å². The molecule has 0 aliphatic heterocycles. The van der Waals surface area contributed by atoms with Gasteiger partial charge in [0.25, 0.3) is 0 Å². The molecule has 0 heterocycles. The number of rotatable bonds is 5. The zero-order chi connectivity index (χ0) is 12.1. The van der Waals surface area contributed by atoms with Crippen LogP contribution in [0.4, 0.5) is 0 Å². The van der Waals surface area contributed by atoms with Gasteiger partial charge >= 0.3 is 0 Å². The monoisotopic (exact) mass is 348 g/mol. The predicted octanol–water partition coefficient (Wildman–Crippen LogP) is 4.01. The number of hydrogen-bond acceptors (Lipinski definition) is 2. The largest absolute Gasteiger partial charge is 0.494 e. The number of carbonyl (C=O) groups is 1. The van der Waals surface area contributed by atoms with E-state index in [1.807, 2.05) is 25.1 Å². The van der Waals surface area contributed by atoms with E-state index in [4.69, 9.17) is 4.74 Å². The van der Waals surface area contributed by atoms with Gasteiger partial charge in [0, 0.05) is 5.33 Å². The summed E-state index contributed by atoms with van der Waals surface area (Å²) >= 11 is 6.82. The van der Waals surface area contributed by atoms with Crippen molar-refractivity contribution in [3.05, 3.63) is 29.3 Å². The van der Waals surface area contributed by atoms with Crippen molar-refractivity contribution in [2.45, 2.75) is 24.0 Å². The number of Topliss-reactive ketones (excluding diaryl/α,β-unsaturated/α-hetero) is 1. The Balaban J connectivity index is 3.06. The summed E-state index contributed by atoms with van der Waals surface area (Å²) in [7, 11) is 0. The maximum Gasteiger partial charge on any atom is 0.147 e. The number of hydrogen-bond donors (Lipinski definition) is 0. The minimum atomic E-state index is -0.240.